The van der Waals surface area contributed by atoms with E-state index in [0.717, 1.165) is 133 Å². The molecule has 0 atom stereocenters. The molecule has 0 spiro atoms. The Bertz CT molecular complexity index is 3730. The van der Waals surface area contributed by atoms with Gasteiger partial charge in [-0.3, -0.25) is 0 Å². The average Bonchev–Trinajstić information content (AvgIpc) is 3.99. The van der Waals surface area contributed by atoms with Crippen LogP contribution in [0.2, 0.25) is 0 Å². The monoisotopic (exact) mass is 788 g/mol. The summed E-state index contributed by atoms with van der Waals surface area (Å²) in [5, 5.41) is 8.42. The Balaban J connectivity index is 1.28. The van der Waals surface area contributed by atoms with Gasteiger partial charge in [-0.2, -0.15) is 0 Å². The highest BCUT2D eigenvalue weighted by molar-refractivity contribution is 6.29. The summed E-state index contributed by atoms with van der Waals surface area (Å²) < 4.78 is 21.0. The molecule has 0 saturated heterocycles. The minimum absolute atomic E-state index is 0.774. The van der Waals surface area contributed by atoms with Gasteiger partial charge in [0.2, 0.25) is 0 Å². The SMILES string of the molecule is Cc1ccc(C)c(N(c2cccc3c2oc2ccccc23)c2c3ccccc3c(N(c3cc(C)ccc3C)c3cccc4c3oc3ccccc34)c3c2oc2ccccc23)c1. The third-order valence-corrected chi connectivity index (χ3v) is 12.4. The van der Waals surface area contributed by atoms with Crippen LogP contribution < -0.4 is 9.80 Å². The van der Waals surface area contributed by atoms with E-state index in [9.17, 15) is 0 Å². The fourth-order valence-electron chi connectivity index (χ4n) is 9.53. The van der Waals surface area contributed by atoms with Gasteiger partial charge in [0.15, 0.2) is 16.7 Å². The molecule has 0 radical (unpaired) electrons. The Labute approximate surface area is 352 Å². The van der Waals surface area contributed by atoms with Crippen LogP contribution in [0.25, 0.3) is 76.6 Å². The zero-order valence-corrected chi connectivity index (χ0v) is 34.3. The van der Waals surface area contributed by atoms with Crippen LogP contribution in [0.5, 0.6) is 0 Å². The average molecular weight is 789 g/mol. The van der Waals surface area contributed by atoms with E-state index in [1.165, 1.54) is 0 Å². The first-order valence-corrected chi connectivity index (χ1v) is 20.8. The molecule has 0 bridgehead atoms. The quantitative estimate of drug-likeness (QED) is 0.157. The van der Waals surface area contributed by atoms with Gasteiger partial charge in [0.25, 0.3) is 0 Å². The van der Waals surface area contributed by atoms with Crippen molar-refractivity contribution >= 4 is 111 Å². The van der Waals surface area contributed by atoms with Crippen LogP contribution in [0.4, 0.5) is 34.1 Å². The molecule has 5 heteroatoms. The number of hydrogen-bond acceptors (Lipinski definition) is 5. The summed E-state index contributed by atoms with van der Waals surface area (Å²) in [7, 11) is 0. The molecule has 0 unspecified atom stereocenters. The summed E-state index contributed by atoms with van der Waals surface area (Å²) in [5.74, 6) is 0. The van der Waals surface area contributed by atoms with E-state index >= 15 is 0 Å². The minimum atomic E-state index is 0.774. The van der Waals surface area contributed by atoms with Crippen LogP contribution in [-0.4, -0.2) is 0 Å². The summed E-state index contributed by atoms with van der Waals surface area (Å²) in [6, 6.07) is 60.1. The third-order valence-electron chi connectivity index (χ3n) is 12.4. The number of benzene rings is 9. The predicted octanol–water partition coefficient (Wildman–Crippen LogP) is 16.7. The lowest BCUT2D eigenvalue weighted by molar-refractivity contribution is 0.666. The first-order valence-electron chi connectivity index (χ1n) is 20.8. The van der Waals surface area contributed by atoms with Crippen LogP contribution in [-0.2, 0) is 0 Å². The number of hydrogen-bond donors (Lipinski definition) is 0. The molecule has 12 aromatic rings. The molecule has 3 aromatic heterocycles. The Hall–Kier alpha value is -7.76. The van der Waals surface area contributed by atoms with Crippen molar-refractivity contribution in [3.8, 4) is 0 Å². The van der Waals surface area contributed by atoms with Gasteiger partial charge in [-0.15, -0.1) is 0 Å². The summed E-state index contributed by atoms with van der Waals surface area (Å²) in [5.41, 5.74) is 15.5. The second-order valence-corrected chi connectivity index (χ2v) is 16.3. The van der Waals surface area contributed by atoms with Crippen molar-refractivity contribution in [1.29, 1.82) is 0 Å². The first-order chi connectivity index (χ1) is 29.9. The lowest BCUT2D eigenvalue weighted by atomic mass is 9.96. The molecule has 0 aliphatic rings. The molecule has 61 heavy (non-hydrogen) atoms. The van der Waals surface area contributed by atoms with Crippen molar-refractivity contribution < 1.29 is 13.3 Å². The van der Waals surface area contributed by atoms with Gasteiger partial charge < -0.3 is 23.1 Å². The van der Waals surface area contributed by atoms with Crippen molar-refractivity contribution in [3.63, 3.8) is 0 Å². The molecule has 0 aliphatic carbocycles. The number of para-hydroxylation sites is 5. The summed E-state index contributed by atoms with van der Waals surface area (Å²) in [6.45, 7) is 8.69. The second-order valence-electron chi connectivity index (χ2n) is 16.3. The number of nitrogens with zero attached hydrogens (tertiary/aromatic N) is 2. The highest BCUT2D eigenvalue weighted by Gasteiger charge is 2.32. The van der Waals surface area contributed by atoms with E-state index in [1.807, 2.05) is 18.2 Å². The Kier molecular flexibility index (Phi) is 7.72. The molecule has 12 rings (SSSR count). The van der Waals surface area contributed by atoms with E-state index < -0.39 is 0 Å². The molecule has 3 heterocycles. The number of aryl methyl sites for hydroxylation is 4. The minimum Gasteiger partial charge on any atom is -0.454 e. The zero-order chi connectivity index (χ0) is 40.9. The highest BCUT2D eigenvalue weighted by atomic mass is 16.3. The number of furan rings is 3. The number of anilines is 6. The van der Waals surface area contributed by atoms with Gasteiger partial charge in [-0.05, 0) is 92.4 Å². The third kappa shape index (κ3) is 5.27. The molecular weight excluding hydrogens is 749 g/mol. The van der Waals surface area contributed by atoms with Crippen LogP contribution in [0.15, 0.2) is 183 Å². The molecular formula is C56H40N2O3. The lowest BCUT2D eigenvalue weighted by Crippen LogP contribution is -2.16. The standard InChI is InChI=1S/C56H40N2O3/c1-33-27-29-35(3)46(31-33)57(44-22-13-20-41-37-15-7-10-24-48(37)59-54(41)44)52-39-17-5-6-18-40(39)53(56-51(52)43-19-9-12-26-50(43)61-56)58(47-32-34(2)28-30-36(47)4)45-23-14-21-42-38-16-8-11-25-49(38)60-55(42)45/h5-32H,1-4H3. The largest absolute Gasteiger partial charge is 0.454 e. The molecule has 0 saturated carbocycles. The molecule has 5 nitrogen and oxygen atoms in total. The van der Waals surface area contributed by atoms with Gasteiger partial charge in [-0.1, -0.05) is 127 Å². The van der Waals surface area contributed by atoms with E-state index in [-0.39, 0.29) is 0 Å². The van der Waals surface area contributed by atoms with Gasteiger partial charge in [-0.25, -0.2) is 0 Å². The Morgan fingerprint density at radius 1 is 0.311 bits per heavy atom. The summed E-state index contributed by atoms with van der Waals surface area (Å²) in [4.78, 5) is 4.80. The predicted molar refractivity (Wildman–Crippen MR) is 254 cm³/mol. The van der Waals surface area contributed by atoms with Crippen LogP contribution in [0.1, 0.15) is 22.3 Å². The van der Waals surface area contributed by atoms with Crippen LogP contribution in [0.3, 0.4) is 0 Å². The maximum Gasteiger partial charge on any atom is 0.162 e. The van der Waals surface area contributed by atoms with Crippen molar-refractivity contribution in [2.24, 2.45) is 0 Å². The van der Waals surface area contributed by atoms with Gasteiger partial charge in [0.1, 0.15) is 16.7 Å². The second kappa shape index (κ2) is 13.4. The van der Waals surface area contributed by atoms with E-state index in [0.29, 0.717) is 0 Å². The smallest absolute Gasteiger partial charge is 0.162 e. The van der Waals surface area contributed by atoms with Crippen LogP contribution >= 0.6 is 0 Å². The number of fused-ring (bicyclic) bond motifs is 10. The molecule has 0 aliphatic heterocycles. The van der Waals surface area contributed by atoms with Crippen molar-refractivity contribution in [1.82, 2.24) is 0 Å². The van der Waals surface area contributed by atoms with Crippen molar-refractivity contribution in [2.75, 3.05) is 9.80 Å². The highest BCUT2D eigenvalue weighted by Crippen LogP contribution is 2.56. The topological polar surface area (TPSA) is 45.9 Å². The van der Waals surface area contributed by atoms with E-state index in [1.54, 1.807) is 0 Å². The maximum absolute atomic E-state index is 7.29. The van der Waals surface area contributed by atoms with E-state index in [2.05, 4.69) is 189 Å². The van der Waals surface area contributed by atoms with Crippen LogP contribution in [0, 0.1) is 27.7 Å². The maximum atomic E-state index is 7.29. The molecule has 0 fully saturated rings. The first kappa shape index (κ1) is 35.2. The Morgan fingerprint density at radius 2 is 0.705 bits per heavy atom. The van der Waals surface area contributed by atoms with Gasteiger partial charge in [0, 0.05) is 49.1 Å². The van der Waals surface area contributed by atoms with Gasteiger partial charge >= 0.3 is 0 Å². The summed E-state index contributed by atoms with van der Waals surface area (Å²) in [6.07, 6.45) is 0. The van der Waals surface area contributed by atoms with Gasteiger partial charge in [0.05, 0.1) is 28.1 Å². The fourth-order valence-corrected chi connectivity index (χ4v) is 9.53. The normalized spacial score (nSPS) is 11.9. The Morgan fingerprint density at radius 3 is 1.23 bits per heavy atom. The lowest BCUT2D eigenvalue weighted by Gasteiger charge is -2.32. The van der Waals surface area contributed by atoms with Crippen molar-refractivity contribution in [3.05, 3.63) is 192 Å². The van der Waals surface area contributed by atoms with E-state index in [4.69, 9.17) is 13.3 Å². The molecule has 0 amide bonds. The molecule has 0 N–H and O–H groups in total. The zero-order valence-electron chi connectivity index (χ0n) is 34.3. The fraction of sp³-hybridized carbons (Fsp3) is 0.0714. The summed E-state index contributed by atoms with van der Waals surface area (Å²) >= 11 is 0. The molecule has 9 aromatic carbocycles. The number of rotatable bonds is 6. The molecule has 292 valence electrons. The van der Waals surface area contributed by atoms with Crippen molar-refractivity contribution in [2.45, 2.75) is 27.7 Å².